The van der Waals surface area contributed by atoms with Crippen LogP contribution in [0.3, 0.4) is 0 Å². The standard InChI is InChI=1S/C9H22OP/c1-5-6-7-8-9(10)11(2,3)4/h9-10H,5-8H2,1-4H3/q+1. The first-order valence-corrected chi connectivity index (χ1v) is 7.67. The number of hydrogen-bond donors (Lipinski definition) is 1. The summed E-state index contributed by atoms with van der Waals surface area (Å²) in [6.07, 6.45) is 4.70. The van der Waals surface area contributed by atoms with E-state index in [1.807, 2.05) is 0 Å². The van der Waals surface area contributed by atoms with Gasteiger partial charge in [-0.2, -0.15) is 0 Å². The first kappa shape index (κ1) is 11.4. The molecule has 0 aliphatic rings. The SMILES string of the molecule is CCCCCC(O)[P+](C)(C)C. The van der Waals surface area contributed by atoms with Crippen molar-refractivity contribution in [1.29, 1.82) is 0 Å². The molecule has 0 saturated carbocycles. The van der Waals surface area contributed by atoms with E-state index in [1.165, 1.54) is 19.3 Å². The van der Waals surface area contributed by atoms with Gasteiger partial charge in [0.2, 0.25) is 0 Å². The summed E-state index contributed by atoms with van der Waals surface area (Å²) in [5.41, 5.74) is 0. The largest absolute Gasteiger partial charge is 0.359 e. The van der Waals surface area contributed by atoms with Gasteiger partial charge in [0, 0.05) is 13.7 Å². The molecular formula is C9H22OP+. The summed E-state index contributed by atoms with van der Waals surface area (Å²) in [6, 6.07) is 0. The third kappa shape index (κ3) is 5.64. The lowest BCUT2D eigenvalue weighted by atomic mass is 10.2. The second kappa shape index (κ2) is 5.11. The molecule has 0 spiro atoms. The highest BCUT2D eigenvalue weighted by Gasteiger charge is 2.27. The second-order valence-corrected chi connectivity index (χ2v) is 8.92. The van der Waals surface area contributed by atoms with Gasteiger partial charge in [-0.3, -0.25) is 0 Å². The number of aliphatic hydroxyl groups excluding tert-OH is 1. The summed E-state index contributed by atoms with van der Waals surface area (Å²) in [5.74, 6) is -0.0194. The lowest BCUT2D eigenvalue weighted by Crippen LogP contribution is -2.10. The van der Waals surface area contributed by atoms with Crippen LogP contribution in [0.25, 0.3) is 0 Å². The molecule has 1 N–H and O–H groups in total. The third-order valence-corrected chi connectivity index (χ3v) is 4.01. The van der Waals surface area contributed by atoms with Gasteiger partial charge in [0.25, 0.3) is 0 Å². The van der Waals surface area contributed by atoms with Crippen LogP contribution in [0.1, 0.15) is 32.6 Å². The maximum absolute atomic E-state index is 9.66. The molecule has 0 aromatic carbocycles. The Morgan fingerprint density at radius 1 is 1.18 bits per heavy atom. The molecule has 11 heavy (non-hydrogen) atoms. The molecule has 2 heteroatoms. The summed E-state index contributed by atoms with van der Waals surface area (Å²) >= 11 is 0. The molecule has 1 nitrogen and oxygen atoms in total. The van der Waals surface area contributed by atoms with Crippen LogP contribution in [0.2, 0.25) is 0 Å². The molecule has 0 amide bonds. The summed E-state index contributed by atoms with van der Waals surface area (Å²) in [5, 5.41) is 9.66. The molecule has 0 bridgehead atoms. The van der Waals surface area contributed by atoms with Gasteiger partial charge >= 0.3 is 0 Å². The Hall–Kier alpha value is 0.390. The van der Waals surface area contributed by atoms with Crippen LogP contribution in [-0.4, -0.2) is 30.9 Å². The molecule has 0 aromatic rings. The van der Waals surface area contributed by atoms with Gasteiger partial charge in [-0.15, -0.1) is 0 Å². The molecule has 0 aliphatic carbocycles. The predicted octanol–water partition coefficient (Wildman–Crippen LogP) is 2.79. The molecule has 0 rings (SSSR count). The van der Waals surface area contributed by atoms with Crippen LogP contribution >= 0.6 is 7.26 Å². The minimum absolute atomic E-state index is 0.0194. The van der Waals surface area contributed by atoms with Gasteiger partial charge in [-0.05, 0) is 6.42 Å². The van der Waals surface area contributed by atoms with E-state index in [1.54, 1.807) is 0 Å². The van der Waals surface area contributed by atoms with Crippen molar-refractivity contribution in [2.24, 2.45) is 0 Å². The Balaban J connectivity index is 3.44. The smallest absolute Gasteiger partial charge is 0.163 e. The molecule has 0 aliphatic heterocycles. The predicted molar refractivity (Wildman–Crippen MR) is 54.8 cm³/mol. The van der Waals surface area contributed by atoms with Gasteiger partial charge < -0.3 is 5.11 Å². The zero-order valence-corrected chi connectivity index (χ0v) is 9.19. The minimum Gasteiger partial charge on any atom is -0.359 e. The highest BCUT2D eigenvalue weighted by molar-refractivity contribution is 7.74. The van der Waals surface area contributed by atoms with Crippen LogP contribution in [0.15, 0.2) is 0 Å². The lowest BCUT2D eigenvalue weighted by Gasteiger charge is -2.18. The van der Waals surface area contributed by atoms with Crippen LogP contribution in [0, 0.1) is 0 Å². The second-order valence-electron chi connectivity index (χ2n) is 4.09. The maximum atomic E-state index is 9.66. The summed E-state index contributed by atoms with van der Waals surface area (Å²) in [4.78, 5) is 0. The first-order valence-electron chi connectivity index (χ1n) is 4.47. The van der Waals surface area contributed by atoms with Crippen molar-refractivity contribution in [3.63, 3.8) is 0 Å². The molecule has 0 saturated heterocycles. The summed E-state index contributed by atoms with van der Waals surface area (Å²) in [7, 11) is -0.991. The van der Waals surface area contributed by atoms with Gasteiger partial charge in [0.15, 0.2) is 5.85 Å². The van der Waals surface area contributed by atoms with E-state index in [-0.39, 0.29) is 5.85 Å². The summed E-state index contributed by atoms with van der Waals surface area (Å²) in [6.45, 7) is 8.79. The van der Waals surface area contributed by atoms with Crippen LogP contribution in [-0.2, 0) is 0 Å². The Bertz CT molecular complexity index is 96.2. The van der Waals surface area contributed by atoms with Crippen molar-refractivity contribution in [1.82, 2.24) is 0 Å². The van der Waals surface area contributed by atoms with Crippen molar-refractivity contribution in [2.45, 2.75) is 38.5 Å². The van der Waals surface area contributed by atoms with E-state index in [0.717, 1.165) is 6.42 Å². The number of unbranched alkanes of at least 4 members (excludes halogenated alkanes) is 2. The van der Waals surface area contributed by atoms with Gasteiger partial charge in [-0.25, -0.2) is 0 Å². The molecule has 0 fully saturated rings. The molecule has 68 valence electrons. The number of hydrogen-bond acceptors (Lipinski definition) is 1. The van der Waals surface area contributed by atoms with Gasteiger partial charge in [0.1, 0.15) is 0 Å². The molecule has 1 unspecified atom stereocenters. The fourth-order valence-electron chi connectivity index (χ4n) is 0.964. The van der Waals surface area contributed by atoms with E-state index in [2.05, 4.69) is 26.9 Å². The zero-order valence-electron chi connectivity index (χ0n) is 8.30. The number of rotatable bonds is 5. The Kier molecular flexibility index (Phi) is 5.29. The van der Waals surface area contributed by atoms with Crippen molar-refractivity contribution < 1.29 is 5.11 Å². The average Bonchev–Trinajstić information content (AvgIpc) is 1.86. The Morgan fingerprint density at radius 3 is 2.09 bits per heavy atom. The van der Waals surface area contributed by atoms with Crippen LogP contribution < -0.4 is 0 Å². The maximum Gasteiger partial charge on any atom is 0.163 e. The van der Waals surface area contributed by atoms with Gasteiger partial charge in [-0.1, -0.05) is 19.8 Å². The van der Waals surface area contributed by atoms with E-state index >= 15 is 0 Å². The highest BCUT2D eigenvalue weighted by Crippen LogP contribution is 2.52. The molecule has 1 atom stereocenters. The first-order chi connectivity index (χ1) is 4.98. The molecular weight excluding hydrogens is 155 g/mol. The van der Waals surface area contributed by atoms with Crippen molar-refractivity contribution in [3.05, 3.63) is 0 Å². The average molecular weight is 177 g/mol. The highest BCUT2D eigenvalue weighted by atomic mass is 31.2. The number of aliphatic hydroxyl groups is 1. The van der Waals surface area contributed by atoms with E-state index in [0.29, 0.717) is 0 Å². The monoisotopic (exact) mass is 177 g/mol. The summed E-state index contributed by atoms with van der Waals surface area (Å²) < 4.78 is 0. The molecule has 0 heterocycles. The third-order valence-electron chi connectivity index (χ3n) is 1.96. The van der Waals surface area contributed by atoms with Crippen LogP contribution in [0.4, 0.5) is 0 Å². The van der Waals surface area contributed by atoms with Crippen molar-refractivity contribution in [2.75, 3.05) is 20.0 Å². The van der Waals surface area contributed by atoms with Crippen molar-refractivity contribution in [3.8, 4) is 0 Å². The van der Waals surface area contributed by atoms with E-state index < -0.39 is 7.26 Å². The van der Waals surface area contributed by atoms with Crippen molar-refractivity contribution >= 4 is 7.26 Å². The Morgan fingerprint density at radius 2 is 1.73 bits per heavy atom. The molecule has 0 radical (unpaired) electrons. The van der Waals surface area contributed by atoms with Gasteiger partial charge in [0.05, 0.1) is 20.0 Å². The molecule has 0 aromatic heterocycles. The lowest BCUT2D eigenvalue weighted by molar-refractivity contribution is 0.240. The van der Waals surface area contributed by atoms with Crippen LogP contribution in [0.5, 0.6) is 0 Å². The minimum atomic E-state index is -0.991. The fraction of sp³-hybridized carbons (Fsp3) is 1.00. The quantitative estimate of drug-likeness (QED) is 0.505. The van der Waals surface area contributed by atoms with E-state index in [4.69, 9.17) is 0 Å². The topological polar surface area (TPSA) is 20.2 Å². The normalized spacial score (nSPS) is 15.0. The Labute approximate surface area is 71.5 Å². The fourth-order valence-corrected chi connectivity index (χ4v) is 1.92. The zero-order chi connectivity index (χ0) is 8.91. The van der Waals surface area contributed by atoms with E-state index in [9.17, 15) is 5.11 Å².